The Kier molecular flexibility index (Phi) is 5.60. The van der Waals surface area contributed by atoms with E-state index in [1.165, 1.54) is 0 Å². The molecule has 21 heavy (non-hydrogen) atoms. The highest BCUT2D eigenvalue weighted by Crippen LogP contribution is 2.28. The van der Waals surface area contributed by atoms with Crippen molar-refractivity contribution in [2.24, 2.45) is 0 Å². The molecule has 3 N–H and O–H groups in total. The lowest BCUT2D eigenvalue weighted by atomic mass is 10.2. The molecule has 0 aliphatic carbocycles. The first-order valence-corrected chi connectivity index (χ1v) is 7.39. The second kappa shape index (κ2) is 7.44. The summed E-state index contributed by atoms with van der Waals surface area (Å²) in [5, 5.41) is 5.87. The molecule has 7 heteroatoms. The third-order valence-corrected chi connectivity index (χ3v) is 3.73. The first kappa shape index (κ1) is 15.8. The molecule has 1 aliphatic rings. The first-order chi connectivity index (χ1) is 10.1. The number of hydrazine groups is 1. The summed E-state index contributed by atoms with van der Waals surface area (Å²) < 4.78 is 10.5. The number of nitrogens with zero attached hydrogens (tertiary/aromatic N) is 1. The van der Waals surface area contributed by atoms with Crippen LogP contribution in [0.2, 0.25) is 0 Å². The summed E-state index contributed by atoms with van der Waals surface area (Å²) >= 11 is 5.36. The standard InChI is InChI=1S/C14H22N4O2S/c1-17-6-8-18(9-7-17)16-14(21)15-12-5-4-11(19-2)10-13(12)20-3/h4-5,10H,6-9H2,1-3H3,(H2,15,16,21)/p+1. The molecule has 2 rings (SSSR count). The van der Waals surface area contributed by atoms with E-state index in [-0.39, 0.29) is 0 Å². The number of piperazine rings is 1. The van der Waals surface area contributed by atoms with Crippen molar-refractivity contribution in [1.29, 1.82) is 0 Å². The number of likely N-dealkylation sites (N-methyl/N-ethyl adjacent to an activating group) is 1. The van der Waals surface area contributed by atoms with Crippen LogP contribution in [0, 0.1) is 0 Å². The Morgan fingerprint density at radius 1 is 1.24 bits per heavy atom. The SMILES string of the molecule is COc1ccc(NC(=S)NN2CC[NH+](C)CC2)c(OC)c1. The molecule has 0 aromatic heterocycles. The van der Waals surface area contributed by atoms with Gasteiger partial charge in [0.05, 0.1) is 53.1 Å². The second-order valence-electron chi connectivity index (χ2n) is 5.08. The fraction of sp³-hybridized carbons (Fsp3) is 0.500. The number of thiocarbonyl (C=S) groups is 1. The molecule has 1 aromatic carbocycles. The summed E-state index contributed by atoms with van der Waals surface area (Å²) in [6, 6.07) is 5.58. The number of hydrogen-bond donors (Lipinski definition) is 3. The molecule has 0 spiro atoms. The average molecular weight is 311 g/mol. The van der Waals surface area contributed by atoms with E-state index in [2.05, 4.69) is 22.8 Å². The minimum atomic E-state index is 0.568. The van der Waals surface area contributed by atoms with E-state index in [0.29, 0.717) is 10.9 Å². The maximum absolute atomic E-state index is 5.36. The highest BCUT2D eigenvalue weighted by molar-refractivity contribution is 7.80. The van der Waals surface area contributed by atoms with E-state index in [9.17, 15) is 0 Å². The van der Waals surface area contributed by atoms with E-state index in [1.807, 2.05) is 18.2 Å². The zero-order valence-electron chi connectivity index (χ0n) is 12.7. The molecule has 1 aliphatic heterocycles. The Morgan fingerprint density at radius 2 is 1.95 bits per heavy atom. The second-order valence-corrected chi connectivity index (χ2v) is 5.48. The molecular formula is C14H23N4O2S+. The van der Waals surface area contributed by atoms with Gasteiger partial charge in [0, 0.05) is 6.07 Å². The quantitative estimate of drug-likeness (QED) is 0.666. The highest BCUT2D eigenvalue weighted by atomic mass is 32.1. The third kappa shape index (κ3) is 4.45. The van der Waals surface area contributed by atoms with Crippen LogP contribution in [0.3, 0.4) is 0 Å². The molecule has 0 atom stereocenters. The van der Waals surface area contributed by atoms with Gasteiger partial charge in [0.15, 0.2) is 5.11 Å². The molecule has 116 valence electrons. The van der Waals surface area contributed by atoms with Crippen molar-refractivity contribution >= 4 is 23.0 Å². The number of quaternary nitrogens is 1. The van der Waals surface area contributed by atoms with Gasteiger partial charge in [-0.1, -0.05) is 0 Å². The zero-order valence-corrected chi connectivity index (χ0v) is 13.5. The summed E-state index contributed by atoms with van der Waals surface area (Å²) in [5.41, 5.74) is 4.04. The predicted molar refractivity (Wildman–Crippen MR) is 87.1 cm³/mol. The number of anilines is 1. The van der Waals surface area contributed by atoms with Gasteiger partial charge in [-0.05, 0) is 24.4 Å². The number of rotatable bonds is 4. The van der Waals surface area contributed by atoms with Crippen LogP contribution in [-0.2, 0) is 0 Å². The Morgan fingerprint density at radius 3 is 2.57 bits per heavy atom. The predicted octanol–water partition coefficient (Wildman–Crippen LogP) is -0.264. The van der Waals surface area contributed by atoms with Crippen LogP contribution >= 0.6 is 12.2 Å². The van der Waals surface area contributed by atoms with Crippen LogP contribution in [0.4, 0.5) is 5.69 Å². The fourth-order valence-electron chi connectivity index (χ4n) is 2.20. The molecule has 1 fully saturated rings. The van der Waals surface area contributed by atoms with Gasteiger partial charge in [-0.3, -0.25) is 5.43 Å². The van der Waals surface area contributed by atoms with Gasteiger partial charge in [0.2, 0.25) is 0 Å². The number of benzene rings is 1. The van der Waals surface area contributed by atoms with Gasteiger partial charge in [0.25, 0.3) is 0 Å². The molecule has 0 saturated carbocycles. The number of hydrogen-bond acceptors (Lipinski definition) is 4. The van der Waals surface area contributed by atoms with Crippen LogP contribution in [-0.4, -0.2) is 57.6 Å². The minimum Gasteiger partial charge on any atom is -0.497 e. The molecule has 6 nitrogen and oxygen atoms in total. The van der Waals surface area contributed by atoms with Crippen LogP contribution in [0.5, 0.6) is 11.5 Å². The lowest BCUT2D eigenvalue weighted by molar-refractivity contribution is -0.884. The maximum atomic E-state index is 5.36. The molecule has 0 radical (unpaired) electrons. The van der Waals surface area contributed by atoms with Gasteiger partial charge in [-0.2, -0.15) is 0 Å². The van der Waals surface area contributed by atoms with Gasteiger partial charge in [-0.25, -0.2) is 5.01 Å². The highest BCUT2D eigenvalue weighted by Gasteiger charge is 2.17. The summed E-state index contributed by atoms with van der Waals surface area (Å²) in [7, 11) is 5.46. The molecule has 1 saturated heterocycles. The summed E-state index contributed by atoms with van der Waals surface area (Å²) in [6.07, 6.45) is 0. The summed E-state index contributed by atoms with van der Waals surface area (Å²) in [6.45, 7) is 4.18. The van der Waals surface area contributed by atoms with Crippen LogP contribution in [0.15, 0.2) is 18.2 Å². The summed E-state index contributed by atoms with van der Waals surface area (Å²) in [4.78, 5) is 1.55. The van der Waals surface area contributed by atoms with Crippen molar-refractivity contribution in [3.63, 3.8) is 0 Å². The van der Waals surface area contributed by atoms with Crippen molar-refractivity contribution in [3.05, 3.63) is 18.2 Å². The molecule has 1 aromatic rings. The lowest BCUT2D eigenvalue weighted by Crippen LogP contribution is -3.12. The maximum Gasteiger partial charge on any atom is 0.185 e. The number of ether oxygens (including phenoxy) is 2. The fourth-order valence-corrected chi connectivity index (χ4v) is 2.43. The van der Waals surface area contributed by atoms with Gasteiger partial charge in [0.1, 0.15) is 11.5 Å². The molecule has 0 unspecified atom stereocenters. The monoisotopic (exact) mass is 311 g/mol. The molecule has 0 bridgehead atoms. The Balaban J connectivity index is 1.93. The normalized spacial score (nSPS) is 16.3. The van der Waals surface area contributed by atoms with Crippen LogP contribution in [0.25, 0.3) is 0 Å². The summed E-state index contributed by atoms with van der Waals surface area (Å²) in [5.74, 6) is 1.44. The van der Waals surface area contributed by atoms with Gasteiger partial charge in [-0.15, -0.1) is 0 Å². The Hall–Kier alpha value is -1.57. The molecular weight excluding hydrogens is 288 g/mol. The van der Waals surface area contributed by atoms with Crippen molar-refractivity contribution in [3.8, 4) is 11.5 Å². The van der Waals surface area contributed by atoms with Gasteiger partial charge >= 0.3 is 0 Å². The third-order valence-electron chi connectivity index (χ3n) is 3.53. The van der Waals surface area contributed by atoms with E-state index < -0.39 is 0 Å². The topological polar surface area (TPSA) is 50.2 Å². The number of nitrogens with one attached hydrogen (secondary N) is 3. The number of methoxy groups -OCH3 is 2. The van der Waals surface area contributed by atoms with Crippen molar-refractivity contribution in [2.75, 3.05) is 52.8 Å². The first-order valence-electron chi connectivity index (χ1n) is 6.98. The van der Waals surface area contributed by atoms with E-state index in [0.717, 1.165) is 37.6 Å². The minimum absolute atomic E-state index is 0.568. The Bertz CT molecular complexity index is 490. The van der Waals surface area contributed by atoms with E-state index in [1.54, 1.807) is 19.1 Å². The van der Waals surface area contributed by atoms with Crippen molar-refractivity contribution in [1.82, 2.24) is 10.4 Å². The smallest absolute Gasteiger partial charge is 0.185 e. The molecule has 0 amide bonds. The zero-order chi connectivity index (χ0) is 15.2. The van der Waals surface area contributed by atoms with E-state index >= 15 is 0 Å². The van der Waals surface area contributed by atoms with Gasteiger partial charge < -0.3 is 19.7 Å². The Labute approximate surface area is 131 Å². The van der Waals surface area contributed by atoms with Crippen molar-refractivity contribution < 1.29 is 14.4 Å². The molecule has 1 heterocycles. The lowest BCUT2D eigenvalue weighted by Gasteiger charge is -2.31. The van der Waals surface area contributed by atoms with Crippen LogP contribution < -0.4 is 25.1 Å². The largest absolute Gasteiger partial charge is 0.497 e. The van der Waals surface area contributed by atoms with E-state index in [4.69, 9.17) is 21.7 Å². The average Bonchev–Trinajstić information content (AvgIpc) is 2.50. The van der Waals surface area contributed by atoms with Crippen molar-refractivity contribution in [2.45, 2.75) is 0 Å². The van der Waals surface area contributed by atoms with Crippen LogP contribution in [0.1, 0.15) is 0 Å².